The number of imide groups is 1. The van der Waals surface area contributed by atoms with Crippen molar-refractivity contribution in [3.8, 4) is 5.75 Å². The van der Waals surface area contributed by atoms with E-state index in [4.69, 9.17) is 5.11 Å². The molecule has 3 amide bonds. The van der Waals surface area contributed by atoms with E-state index in [1.807, 2.05) is 0 Å². The number of rotatable bonds is 3. The maximum absolute atomic E-state index is 11.6. The second-order valence-electron chi connectivity index (χ2n) is 4.08. The molecule has 0 bridgehead atoms. The van der Waals surface area contributed by atoms with Crippen LogP contribution in [0.15, 0.2) is 24.3 Å². The minimum atomic E-state index is -0.776. The van der Waals surface area contributed by atoms with Gasteiger partial charge in [0.25, 0.3) is 0 Å². The van der Waals surface area contributed by atoms with E-state index in [2.05, 4.69) is 10.6 Å². The minimum absolute atomic E-state index is 0.0137. The Morgan fingerprint density at radius 2 is 2.00 bits per heavy atom. The van der Waals surface area contributed by atoms with Crippen LogP contribution in [0.4, 0.5) is 0 Å². The molecule has 0 radical (unpaired) electrons. The lowest BCUT2D eigenvalue weighted by Crippen LogP contribution is -2.40. The van der Waals surface area contributed by atoms with Crippen LogP contribution in [-0.4, -0.2) is 28.9 Å². The topological polar surface area (TPSA) is 95.5 Å². The molecule has 18 heavy (non-hydrogen) atoms. The average molecular weight is 248 g/mol. The van der Waals surface area contributed by atoms with Gasteiger partial charge in [0.2, 0.25) is 17.7 Å². The number of carbonyl (C=O) groups excluding carboxylic acids is 3. The Hall–Kier alpha value is -2.37. The molecule has 1 aromatic carbocycles. The van der Waals surface area contributed by atoms with E-state index in [9.17, 15) is 14.4 Å². The first-order chi connectivity index (χ1) is 8.54. The van der Waals surface area contributed by atoms with Crippen molar-refractivity contribution in [2.24, 2.45) is 0 Å². The molecule has 1 saturated heterocycles. The van der Waals surface area contributed by atoms with Crippen LogP contribution in [0.1, 0.15) is 12.0 Å². The summed E-state index contributed by atoms with van der Waals surface area (Å²) in [4.78, 5) is 33.8. The summed E-state index contributed by atoms with van der Waals surface area (Å²) in [6.45, 7) is 0. The van der Waals surface area contributed by atoms with Crippen LogP contribution in [0.2, 0.25) is 0 Å². The zero-order chi connectivity index (χ0) is 13.1. The normalized spacial score (nSPS) is 18.6. The van der Waals surface area contributed by atoms with Gasteiger partial charge in [-0.1, -0.05) is 12.1 Å². The Balaban J connectivity index is 1.91. The fourth-order valence-electron chi connectivity index (χ4n) is 1.71. The molecular formula is C12H12N2O4. The fraction of sp³-hybridized carbons (Fsp3) is 0.250. The first kappa shape index (κ1) is 12.1. The molecule has 6 heteroatoms. The van der Waals surface area contributed by atoms with Gasteiger partial charge in [-0.25, -0.2) is 0 Å². The van der Waals surface area contributed by atoms with Gasteiger partial charge >= 0.3 is 0 Å². The van der Waals surface area contributed by atoms with Crippen molar-refractivity contribution >= 4 is 17.7 Å². The molecule has 94 valence electrons. The third-order valence-corrected chi connectivity index (χ3v) is 2.60. The number of hydrogen-bond acceptors (Lipinski definition) is 4. The van der Waals surface area contributed by atoms with Crippen molar-refractivity contribution in [2.45, 2.75) is 18.9 Å². The Kier molecular flexibility index (Phi) is 3.27. The molecule has 1 aliphatic heterocycles. The molecule has 0 saturated carbocycles. The largest absolute Gasteiger partial charge is 0.508 e. The van der Waals surface area contributed by atoms with Gasteiger partial charge in [-0.3, -0.25) is 19.7 Å². The number of phenols is 1. The molecule has 1 aromatic rings. The molecular weight excluding hydrogens is 236 g/mol. The van der Waals surface area contributed by atoms with Gasteiger partial charge < -0.3 is 10.4 Å². The predicted molar refractivity (Wildman–Crippen MR) is 61.5 cm³/mol. The first-order valence-electron chi connectivity index (χ1n) is 5.45. The third-order valence-electron chi connectivity index (χ3n) is 2.60. The highest BCUT2D eigenvalue weighted by Crippen LogP contribution is 2.10. The molecule has 1 aliphatic rings. The van der Waals surface area contributed by atoms with Crippen LogP contribution in [0.5, 0.6) is 5.75 Å². The second-order valence-corrected chi connectivity index (χ2v) is 4.08. The molecule has 1 atom stereocenters. The number of nitrogens with one attached hydrogen (secondary N) is 2. The Morgan fingerprint density at radius 3 is 2.56 bits per heavy atom. The van der Waals surface area contributed by atoms with Gasteiger partial charge in [0.15, 0.2) is 0 Å². The first-order valence-corrected chi connectivity index (χ1v) is 5.45. The zero-order valence-corrected chi connectivity index (χ0v) is 9.47. The van der Waals surface area contributed by atoms with Crippen molar-refractivity contribution in [2.75, 3.05) is 0 Å². The molecule has 1 heterocycles. The predicted octanol–water partition coefficient (Wildman–Crippen LogP) is -0.534. The summed E-state index contributed by atoms with van der Waals surface area (Å²) >= 11 is 0. The summed E-state index contributed by atoms with van der Waals surface area (Å²) in [5.41, 5.74) is 0.718. The third kappa shape index (κ3) is 2.85. The number of aromatic hydroxyl groups is 1. The lowest BCUT2D eigenvalue weighted by molar-refractivity contribution is -0.128. The average Bonchev–Trinajstić information content (AvgIpc) is 2.61. The molecule has 0 aliphatic carbocycles. The van der Waals surface area contributed by atoms with Crippen LogP contribution in [-0.2, 0) is 20.8 Å². The van der Waals surface area contributed by atoms with E-state index in [0.29, 0.717) is 0 Å². The standard InChI is InChI=1S/C12H12N2O4/c15-8-3-1-7(2-4-8)5-10(16)13-9-6-11(17)14-12(9)18/h1-4,9,15H,5-6H2,(H,13,16)(H,14,17,18). The highest BCUT2D eigenvalue weighted by Gasteiger charge is 2.31. The number of carbonyl (C=O) groups is 3. The Bertz CT molecular complexity index is 495. The number of benzene rings is 1. The highest BCUT2D eigenvalue weighted by molar-refractivity contribution is 6.06. The van der Waals surface area contributed by atoms with E-state index in [-0.39, 0.29) is 30.4 Å². The van der Waals surface area contributed by atoms with Crippen LogP contribution in [0.25, 0.3) is 0 Å². The van der Waals surface area contributed by atoms with Crippen LogP contribution >= 0.6 is 0 Å². The van der Waals surface area contributed by atoms with Gasteiger partial charge in [0, 0.05) is 0 Å². The van der Waals surface area contributed by atoms with Gasteiger partial charge in [0.1, 0.15) is 11.8 Å². The Morgan fingerprint density at radius 1 is 1.33 bits per heavy atom. The fourth-order valence-corrected chi connectivity index (χ4v) is 1.71. The van der Waals surface area contributed by atoms with Crippen LogP contribution in [0.3, 0.4) is 0 Å². The van der Waals surface area contributed by atoms with Crippen molar-refractivity contribution < 1.29 is 19.5 Å². The quantitative estimate of drug-likeness (QED) is 0.626. The Labute approximate surface area is 103 Å². The molecule has 2 rings (SSSR count). The maximum Gasteiger partial charge on any atom is 0.249 e. The van der Waals surface area contributed by atoms with Gasteiger partial charge in [-0.2, -0.15) is 0 Å². The lowest BCUT2D eigenvalue weighted by Gasteiger charge is -2.09. The van der Waals surface area contributed by atoms with E-state index >= 15 is 0 Å². The smallest absolute Gasteiger partial charge is 0.249 e. The summed E-state index contributed by atoms with van der Waals surface area (Å²) in [7, 11) is 0. The number of phenolic OH excluding ortho intramolecular Hbond substituents is 1. The summed E-state index contributed by atoms with van der Waals surface area (Å²) in [5, 5.41) is 13.7. The molecule has 1 unspecified atom stereocenters. The van der Waals surface area contributed by atoms with E-state index in [1.165, 1.54) is 12.1 Å². The molecule has 0 spiro atoms. The number of amides is 3. The van der Waals surface area contributed by atoms with Gasteiger partial charge in [-0.15, -0.1) is 0 Å². The van der Waals surface area contributed by atoms with Gasteiger partial charge in [0.05, 0.1) is 12.8 Å². The summed E-state index contributed by atoms with van der Waals surface area (Å²) in [6.07, 6.45) is 0.0817. The maximum atomic E-state index is 11.6. The number of hydrogen-bond donors (Lipinski definition) is 3. The monoisotopic (exact) mass is 248 g/mol. The molecule has 6 nitrogen and oxygen atoms in total. The SMILES string of the molecule is O=C1CC(NC(=O)Cc2ccc(O)cc2)C(=O)N1. The minimum Gasteiger partial charge on any atom is -0.508 e. The molecule has 3 N–H and O–H groups in total. The summed E-state index contributed by atoms with van der Waals surface area (Å²) in [5.74, 6) is -1.07. The van der Waals surface area contributed by atoms with Crippen molar-refractivity contribution in [3.05, 3.63) is 29.8 Å². The van der Waals surface area contributed by atoms with Crippen molar-refractivity contribution in [1.82, 2.24) is 10.6 Å². The van der Waals surface area contributed by atoms with Crippen LogP contribution < -0.4 is 10.6 Å². The second kappa shape index (κ2) is 4.87. The highest BCUT2D eigenvalue weighted by atomic mass is 16.3. The molecule has 1 fully saturated rings. The molecule has 0 aromatic heterocycles. The summed E-state index contributed by atoms with van der Waals surface area (Å²) < 4.78 is 0. The van der Waals surface area contributed by atoms with Gasteiger partial charge in [-0.05, 0) is 17.7 Å². The lowest BCUT2D eigenvalue weighted by atomic mass is 10.1. The zero-order valence-electron chi connectivity index (χ0n) is 9.47. The van der Waals surface area contributed by atoms with E-state index < -0.39 is 11.9 Å². The van der Waals surface area contributed by atoms with Crippen molar-refractivity contribution in [1.29, 1.82) is 0 Å². The van der Waals surface area contributed by atoms with Crippen molar-refractivity contribution in [3.63, 3.8) is 0 Å². The van der Waals surface area contributed by atoms with E-state index in [1.54, 1.807) is 12.1 Å². The van der Waals surface area contributed by atoms with E-state index in [0.717, 1.165) is 5.56 Å². The van der Waals surface area contributed by atoms with Crippen LogP contribution in [0, 0.1) is 0 Å². The summed E-state index contributed by atoms with van der Waals surface area (Å²) in [6, 6.07) is 5.42.